The lowest BCUT2D eigenvalue weighted by molar-refractivity contribution is -0.119. The highest BCUT2D eigenvalue weighted by molar-refractivity contribution is 6.27. The number of carbonyl (C=O) groups is 1. The van der Waals surface area contributed by atoms with Gasteiger partial charge in [0.2, 0.25) is 5.91 Å². The minimum absolute atomic E-state index is 0.00690. The maximum atomic E-state index is 11.0. The van der Waals surface area contributed by atoms with Gasteiger partial charge in [0.05, 0.1) is 7.11 Å². The molecule has 4 heteroatoms. The second-order valence-electron chi connectivity index (χ2n) is 3.65. The molecule has 1 N–H and O–H groups in total. The average molecular weight is 242 g/mol. The third kappa shape index (κ3) is 4.11. The van der Waals surface area contributed by atoms with Crippen molar-refractivity contribution in [2.45, 2.75) is 19.4 Å². The fraction of sp³-hybridized carbons (Fsp3) is 0.417. The fourth-order valence-electron chi connectivity index (χ4n) is 1.48. The van der Waals surface area contributed by atoms with Crippen molar-refractivity contribution in [1.82, 2.24) is 5.32 Å². The number of hydrogen-bond acceptors (Lipinski definition) is 2. The summed E-state index contributed by atoms with van der Waals surface area (Å²) in [4.78, 5) is 11.0. The number of rotatable bonds is 5. The van der Waals surface area contributed by atoms with Crippen molar-refractivity contribution in [3.05, 3.63) is 29.8 Å². The van der Waals surface area contributed by atoms with Crippen LogP contribution in [0.2, 0.25) is 0 Å². The van der Waals surface area contributed by atoms with E-state index in [0.717, 1.165) is 17.7 Å². The largest absolute Gasteiger partial charge is 0.497 e. The van der Waals surface area contributed by atoms with E-state index in [1.54, 1.807) is 7.11 Å². The predicted octanol–water partition coefficient (Wildman–Crippen LogP) is 1.98. The summed E-state index contributed by atoms with van der Waals surface area (Å²) in [6.07, 6.45) is 0.784. The van der Waals surface area contributed by atoms with Gasteiger partial charge in [0.25, 0.3) is 0 Å². The van der Waals surface area contributed by atoms with Crippen LogP contribution in [0.5, 0.6) is 5.75 Å². The Morgan fingerprint density at radius 2 is 2.06 bits per heavy atom. The third-order valence-corrected chi connectivity index (χ3v) is 2.47. The molecular formula is C12H16ClNO2. The van der Waals surface area contributed by atoms with E-state index in [9.17, 15) is 4.79 Å². The highest BCUT2D eigenvalue weighted by Crippen LogP contribution is 2.12. The van der Waals surface area contributed by atoms with Crippen LogP contribution in [0.4, 0.5) is 0 Å². The van der Waals surface area contributed by atoms with Crippen LogP contribution in [-0.4, -0.2) is 24.9 Å². The summed E-state index contributed by atoms with van der Waals surface area (Å²) in [7, 11) is 1.64. The fourth-order valence-corrected chi connectivity index (χ4v) is 1.56. The maximum Gasteiger partial charge on any atom is 0.235 e. The lowest BCUT2D eigenvalue weighted by Crippen LogP contribution is -2.34. The summed E-state index contributed by atoms with van der Waals surface area (Å²) >= 11 is 5.41. The molecule has 1 amide bonds. The zero-order valence-corrected chi connectivity index (χ0v) is 10.3. The van der Waals surface area contributed by atoms with Gasteiger partial charge in [0, 0.05) is 6.04 Å². The number of carbonyl (C=O) groups excluding carboxylic acids is 1. The molecule has 0 spiro atoms. The van der Waals surface area contributed by atoms with Gasteiger partial charge in [-0.1, -0.05) is 12.1 Å². The number of ether oxygens (including phenoxy) is 1. The summed E-state index contributed by atoms with van der Waals surface area (Å²) in [5.41, 5.74) is 1.16. The van der Waals surface area contributed by atoms with Gasteiger partial charge in [-0.05, 0) is 31.0 Å². The number of hydrogen-bond donors (Lipinski definition) is 1. The Bertz CT molecular complexity index is 337. The van der Waals surface area contributed by atoms with Gasteiger partial charge in [-0.15, -0.1) is 11.6 Å². The highest BCUT2D eigenvalue weighted by Gasteiger charge is 2.06. The summed E-state index contributed by atoms with van der Waals surface area (Å²) in [6, 6.07) is 7.88. The van der Waals surface area contributed by atoms with E-state index in [2.05, 4.69) is 5.32 Å². The Morgan fingerprint density at radius 1 is 1.44 bits per heavy atom. The molecule has 3 nitrogen and oxygen atoms in total. The van der Waals surface area contributed by atoms with E-state index in [4.69, 9.17) is 16.3 Å². The predicted molar refractivity (Wildman–Crippen MR) is 65.0 cm³/mol. The minimum atomic E-state index is -0.136. The summed E-state index contributed by atoms with van der Waals surface area (Å²) in [5, 5.41) is 2.80. The van der Waals surface area contributed by atoms with Gasteiger partial charge in [-0.3, -0.25) is 4.79 Å². The first-order valence-corrected chi connectivity index (χ1v) is 5.67. The van der Waals surface area contributed by atoms with Gasteiger partial charge < -0.3 is 10.1 Å². The monoisotopic (exact) mass is 241 g/mol. The van der Waals surface area contributed by atoms with Gasteiger partial charge in [-0.2, -0.15) is 0 Å². The Morgan fingerprint density at radius 3 is 2.56 bits per heavy atom. The summed E-state index contributed by atoms with van der Waals surface area (Å²) in [6.45, 7) is 1.95. The van der Waals surface area contributed by atoms with E-state index < -0.39 is 0 Å². The number of amides is 1. The minimum Gasteiger partial charge on any atom is -0.497 e. The molecule has 1 aromatic rings. The third-order valence-electron chi connectivity index (χ3n) is 2.23. The van der Waals surface area contributed by atoms with Crippen LogP contribution in [-0.2, 0) is 11.2 Å². The van der Waals surface area contributed by atoms with Crippen LogP contribution in [0.25, 0.3) is 0 Å². The van der Waals surface area contributed by atoms with Crippen molar-refractivity contribution in [2.75, 3.05) is 13.0 Å². The van der Waals surface area contributed by atoms with Crippen LogP contribution in [0.1, 0.15) is 12.5 Å². The molecule has 0 bridgehead atoms. The molecule has 16 heavy (non-hydrogen) atoms. The first kappa shape index (κ1) is 12.8. The molecule has 0 aliphatic heterocycles. The van der Waals surface area contributed by atoms with Gasteiger partial charge in [0.1, 0.15) is 11.6 Å². The van der Waals surface area contributed by atoms with Gasteiger partial charge >= 0.3 is 0 Å². The van der Waals surface area contributed by atoms with E-state index in [1.807, 2.05) is 31.2 Å². The van der Waals surface area contributed by atoms with Gasteiger partial charge in [-0.25, -0.2) is 0 Å². The van der Waals surface area contributed by atoms with E-state index in [-0.39, 0.29) is 17.8 Å². The smallest absolute Gasteiger partial charge is 0.235 e. The highest BCUT2D eigenvalue weighted by atomic mass is 35.5. The number of benzene rings is 1. The topological polar surface area (TPSA) is 38.3 Å². The normalized spacial score (nSPS) is 11.9. The van der Waals surface area contributed by atoms with Crippen LogP contribution >= 0.6 is 11.6 Å². The van der Waals surface area contributed by atoms with Gasteiger partial charge in [0.15, 0.2) is 0 Å². The second-order valence-corrected chi connectivity index (χ2v) is 3.92. The average Bonchev–Trinajstić information content (AvgIpc) is 2.29. The van der Waals surface area contributed by atoms with Crippen molar-refractivity contribution in [2.24, 2.45) is 0 Å². The van der Waals surface area contributed by atoms with E-state index >= 15 is 0 Å². The van der Waals surface area contributed by atoms with Crippen LogP contribution < -0.4 is 10.1 Å². The molecule has 0 aliphatic carbocycles. The van der Waals surface area contributed by atoms with Crippen LogP contribution in [0, 0.1) is 0 Å². The molecule has 88 valence electrons. The molecule has 0 saturated heterocycles. The molecule has 0 unspecified atom stereocenters. The van der Waals surface area contributed by atoms with Crippen molar-refractivity contribution in [3.63, 3.8) is 0 Å². The Kier molecular flexibility index (Phi) is 5.12. The Labute approximate surface area is 101 Å². The SMILES string of the molecule is COc1ccc(C[C@@H](C)NC(=O)CCl)cc1. The lowest BCUT2D eigenvalue weighted by atomic mass is 10.1. The second kappa shape index (κ2) is 6.38. The molecule has 0 aliphatic rings. The number of methoxy groups -OCH3 is 1. The van der Waals surface area contributed by atoms with Crippen LogP contribution in [0.15, 0.2) is 24.3 Å². The van der Waals surface area contributed by atoms with Crippen LogP contribution in [0.3, 0.4) is 0 Å². The van der Waals surface area contributed by atoms with Crippen molar-refractivity contribution in [3.8, 4) is 5.75 Å². The summed E-state index contributed by atoms with van der Waals surface area (Å²) in [5.74, 6) is 0.705. The number of alkyl halides is 1. The zero-order valence-electron chi connectivity index (χ0n) is 9.50. The number of nitrogens with one attached hydrogen (secondary N) is 1. The lowest BCUT2D eigenvalue weighted by Gasteiger charge is -2.13. The summed E-state index contributed by atoms with van der Waals surface area (Å²) < 4.78 is 5.07. The first-order chi connectivity index (χ1) is 7.65. The molecule has 0 fully saturated rings. The first-order valence-electron chi connectivity index (χ1n) is 5.14. The molecule has 0 aromatic heterocycles. The Balaban J connectivity index is 2.49. The molecule has 1 rings (SSSR count). The van der Waals surface area contributed by atoms with Crippen molar-refractivity contribution >= 4 is 17.5 Å². The zero-order chi connectivity index (χ0) is 12.0. The van der Waals surface area contributed by atoms with Crippen molar-refractivity contribution in [1.29, 1.82) is 0 Å². The molecule has 1 atom stereocenters. The maximum absolute atomic E-state index is 11.0. The Hall–Kier alpha value is -1.22. The van der Waals surface area contributed by atoms with E-state index in [1.165, 1.54) is 0 Å². The molecule has 1 aromatic carbocycles. The van der Waals surface area contributed by atoms with Crippen molar-refractivity contribution < 1.29 is 9.53 Å². The number of halogens is 1. The molecule has 0 saturated carbocycles. The van der Waals surface area contributed by atoms with E-state index in [0.29, 0.717) is 0 Å². The molecule has 0 heterocycles. The molecule has 0 radical (unpaired) electrons. The standard InChI is InChI=1S/C12H16ClNO2/c1-9(14-12(15)8-13)7-10-3-5-11(16-2)6-4-10/h3-6,9H,7-8H2,1-2H3,(H,14,15)/t9-/m1/s1. The molecular weight excluding hydrogens is 226 g/mol. The quantitative estimate of drug-likeness (QED) is 0.801.